The van der Waals surface area contributed by atoms with Crippen LogP contribution in [0.3, 0.4) is 0 Å². The van der Waals surface area contributed by atoms with Crippen LogP contribution in [0.2, 0.25) is 0 Å². The highest BCUT2D eigenvalue weighted by Crippen LogP contribution is 2.54. The molecule has 6 aromatic rings. The summed E-state index contributed by atoms with van der Waals surface area (Å²) in [5, 5.41) is 11.2. The van der Waals surface area contributed by atoms with Crippen LogP contribution >= 0.6 is 23.1 Å². The summed E-state index contributed by atoms with van der Waals surface area (Å²) < 4.78 is 28.7. The van der Waals surface area contributed by atoms with Crippen molar-refractivity contribution in [2.45, 2.75) is 90.6 Å². The third kappa shape index (κ3) is 9.74. The van der Waals surface area contributed by atoms with E-state index in [2.05, 4.69) is 83.6 Å². The molecule has 3 N–H and O–H groups in total. The number of carbonyl (C=O) groups is 2. The maximum Gasteiger partial charge on any atom is 0.420 e. The maximum absolute atomic E-state index is 14.6. The van der Waals surface area contributed by atoms with E-state index in [1.807, 2.05) is 43.3 Å². The number of rotatable bonds is 15. The summed E-state index contributed by atoms with van der Waals surface area (Å²) in [5.74, 6) is 0.377. The Balaban J connectivity index is 0.777. The number of piperidine rings is 2. The lowest BCUT2D eigenvalue weighted by molar-refractivity contribution is -0.135. The van der Waals surface area contributed by atoms with Gasteiger partial charge in [0.05, 0.1) is 33.5 Å². The maximum atomic E-state index is 14.6. The van der Waals surface area contributed by atoms with Crippen molar-refractivity contribution in [1.82, 2.24) is 34.6 Å². The molecule has 0 radical (unpaired) electrons. The van der Waals surface area contributed by atoms with Crippen LogP contribution in [0.4, 0.5) is 28.8 Å². The molecule has 0 saturated carbocycles. The van der Waals surface area contributed by atoms with Crippen LogP contribution in [0.15, 0.2) is 74.5 Å². The number of aryl methyl sites for hydroxylation is 2. The number of piperazine rings is 1. The van der Waals surface area contributed by atoms with Crippen molar-refractivity contribution in [2.75, 3.05) is 80.3 Å². The van der Waals surface area contributed by atoms with E-state index in [0.717, 1.165) is 135 Å². The van der Waals surface area contributed by atoms with Gasteiger partial charge >= 0.3 is 5.76 Å². The SMILES string of the molecule is CCOc1cc(N2CCC(N3CCN(CCc4cccc5c4oc(=O)n5C4CCC(=O)NC4=O)CC3)CC2)c(CC)cc1Nc1ncc(Br)c(Nc2ccc3nc(CC)ccc3c2P2(=O)CCCC2)n1. The van der Waals surface area contributed by atoms with Gasteiger partial charge in [-0.3, -0.25) is 29.4 Å². The van der Waals surface area contributed by atoms with Crippen LogP contribution in [-0.2, 0) is 33.4 Å². The van der Waals surface area contributed by atoms with Gasteiger partial charge in [-0.25, -0.2) is 9.78 Å². The number of carbonyl (C=O) groups excluding carboxylic acids is 2. The van der Waals surface area contributed by atoms with E-state index in [1.54, 1.807) is 6.20 Å². The van der Waals surface area contributed by atoms with E-state index in [1.165, 1.54) is 15.8 Å². The molecule has 0 aliphatic carbocycles. The highest BCUT2D eigenvalue weighted by atomic mass is 79.9. The molecule has 1 atom stereocenters. The summed E-state index contributed by atoms with van der Waals surface area (Å²) in [6.45, 7) is 13.5. The molecular weight excluding hydrogens is 972 g/mol. The monoisotopic (exact) mass is 1030 g/mol. The van der Waals surface area contributed by atoms with Crippen molar-refractivity contribution in [1.29, 1.82) is 0 Å². The average molecular weight is 1030 g/mol. The highest BCUT2D eigenvalue weighted by molar-refractivity contribution is 9.10. The Morgan fingerprint density at radius 3 is 2.41 bits per heavy atom. The summed E-state index contributed by atoms with van der Waals surface area (Å²) in [5.41, 5.74) is 7.94. The van der Waals surface area contributed by atoms with E-state index in [-0.39, 0.29) is 18.7 Å². The van der Waals surface area contributed by atoms with E-state index in [4.69, 9.17) is 19.1 Å². The Labute approximate surface area is 416 Å². The molecule has 4 saturated heterocycles. The molecule has 4 fully saturated rings. The number of anilines is 5. The minimum absolute atomic E-state index is 0.189. The smallest absolute Gasteiger partial charge is 0.420 e. The van der Waals surface area contributed by atoms with E-state index < -0.39 is 24.8 Å². The second kappa shape index (κ2) is 20.6. The molecule has 0 bridgehead atoms. The standard InChI is InChI=1S/C52H62BrN10O6P/c1-4-33-30-41(57-51-54-32-38(53)49(59-51)56-40-15-14-39-37(13-12-35(5-2)55-39)48(40)70(67)28-7-8-29-70)45(68-6-3)31-44(33)62-22-19-36(20-23-62)61-26-24-60(25-27-61)21-18-34-10-9-11-42-47(34)69-52(66)63(42)43-16-17-46(64)58-50(43)65/h9-15,30-32,36,43H,4-8,16-29H2,1-3H3,(H,58,64,65)(H2,54,56,57,59). The molecule has 4 aliphatic rings. The Morgan fingerprint density at radius 1 is 0.871 bits per heavy atom. The van der Waals surface area contributed by atoms with E-state index in [0.29, 0.717) is 52.3 Å². The van der Waals surface area contributed by atoms with Gasteiger partial charge in [-0.1, -0.05) is 32.0 Å². The predicted molar refractivity (Wildman–Crippen MR) is 279 cm³/mol. The first-order chi connectivity index (χ1) is 34.0. The predicted octanol–water partition coefficient (Wildman–Crippen LogP) is 8.29. The molecule has 7 heterocycles. The normalized spacial score (nSPS) is 19.3. The van der Waals surface area contributed by atoms with Gasteiger partial charge in [0.25, 0.3) is 0 Å². The molecule has 0 spiro atoms. The molecule has 18 heteroatoms. The topological polar surface area (TPSA) is 180 Å². The van der Waals surface area contributed by atoms with Crippen molar-refractivity contribution in [3.63, 3.8) is 0 Å². The van der Waals surface area contributed by atoms with Gasteiger partial charge < -0.3 is 34.2 Å². The second-order valence-electron chi connectivity index (χ2n) is 18.9. The van der Waals surface area contributed by atoms with Crippen molar-refractivity contribution in [3.8, 4) is 5.75 Å². The lowest BCUT2D eigenvalue weighted by atomic mass is 9.99. The number of amides is 2. The fourth-order valence-electron chi connectivity index (χ4n) is 11.0. The summed E-state index contributed by atoms with van der Waals surface area (Å²) in [7, 11) is -2.65. The van der Waals surface area contributed by atoms with E-state index in [9.17, 15) is 18.9 Å². The van der Waals surface area contributed by atoms with Crippen LogP contribution in [-0.4, -0.2) is 112 Å². The first kappa shape index (κ1) is 48.0. The summed E-state index contributed by atoms with van der Waals surface area (Å²) in [6.07, 6.45) is 10.1. The summed E-state index contributed by atoms with van der Waals surface area (Å²) in [4.78, 5) is 59.5. The summed E-state index contributed by atoms with van der Waals surface area (Å²) >= 11 is 3.69. The third-order valence-electron chi connectivity index (χ3n) is 14.7. The molecule has 368 valence electrons. The fourth-order valence-corrected chi connectivity index (χ4v) is 14.6. The van der Waals surface area contributed by atoms with E-state index >= 15 is 0 Å². The quantitative estimate of drug-likeness (QED) is 0.0661. The minimum atomic E-state index is -2.65. The minimum Gasteiger partial charge on any atom is -0.492 e. The Bertz CT molecular complexity index is 3040. The largest absolute Gasteiger partial charge is 0.492 e. The number of pyridine rings is 1. The third-order valence-corrected chi connectivity index (χ3v) is 18.7. The Hall–Kier alpha value is -5.61. The Kier molecular flexibility index (Phi) is 14.2. The highest BCUT2D eigenvalue weighted by Gasteiger charge is 2.35. The van der Waals surface area contributed by atoms with Gasteiger partial charge in [-0.15, -0.1) is 0 Å². The molecule has 4 aliphatic heterocycles. The number of benzene rings is 3. The van der Waals surface area contributed by atoms with Crippen molar-refractivity contribution < 1.29 is 23.3 Å². The molecule has 2 amide bonds. The zero-order chi connectivity index (χ0) is 48.5. The van der Waals surface area contributed by atoms with Crippen LogP contribution < -0.4 is 36.6 Å². The first-order valence-corrected chi connectivity index (χ1v) is 27.9. The molecule has 1 unspecified atom stereocenters. The number of fused-ring (bicyclic) bond motifs is 2. The number of imide groups is 1. The average Bonchev–Trinajstić information content (AvgIpc) is 3.97. The van der Waals surface area contributed by atoms with Gasteiger partial charge in [0.1, 0.15) is 24.8 Å². The lowest BCUT2D eigenvalue weighted by Gasteiger charge is -2.43. The molecule has 3 aromatic carbocycles. The number of para-hydroxylation sites is 1. The number of hydrogen-bond donors (Lipinski definition) is 3. The van der Waals surface area contributed by atoms with Crippen LogP contribution in [0.5, 0.6) is 5.75 Å². The van der Waals surface area contributed by atoms with Crippen molar-refractivity contribution in [3.05, 3.63) is 92.6 Å². The number of halogens is 1. The first-order valence-electron chi connectivity index (χ1n) is 25.1. The van der Waals surface area contributed by atoms with Crippen molar-refractivity contribution in [2.24, 2.45) is 0 Å². The van der Waals surface area contributed by atoms with Crippen LogP contribution in [0, 0.1) is 0 Å². The summed E-state index contributed by atoms with van der Waals surface area (Å²) in [6, 6.07) is 18.0. The molecule has 3 aromatic heterocycles. The Morgan fingerprint density at radius 2 is 1.67 bits per heavy atom. The van der Waals surface area contributed by atoms with Crippen molar-refractivity contribution >= 4 is 91.0 Å². The molecule has 16 nitrogen and oxygen atoms in total. The fraction of sp³-hybridized carbons (Fsp3) is 0.462. The van der Waals surface area contributed by atoms with Gasteiger partial charge in [-0.05, 0) is 116 Å². The molecule has 70 heavy (non-hydrogen) atoms. The molecular formula is C52H62BrN10O6P. The number of aromatic nitrogens is 4. The van der Waals surface area contributed by atoms with Crippen LogP contribution in [0.1, 0.15) is 82.2 Å². The van der Waals surface area contributed by atoms with Gasteiger partial charge in [0.15, 0.2) is 5.58 Å². The molecule has 10 rings (SSSR count). The van der Waals surface area contributed by atoms with Gasteiger partial charge in [0, 0.05) is 105 Å². The lowest BCUT2D eigenvalue weighted by Crippen LogP contribution is -2.53. The van der Waals surface area contributed by atoms with Gasteiger partial charge in [-0.2, -0.15) is 4.98 Å². The number of nitrogens with zero attached hydrogens (tertiary/aromatic N) is 7. The number of oxazole rings is 1. The van der Waals surface area contributed by atoms with Crippen LogP contribution in [0.25, 0.3) is 22.0 Å². The zero-order valence-corrected chi connectivity index (χ0v) is 42.7. The number of ether oxygens (including phenoxy) is 1. The number of nitrogens with one attached hydrogen (secondary N) is 3. The zero-order valence-electron chi connectivity index (χ0n) is 40.3. The van der Waals surface area contributed by atoms with Gasteiger partial charge in [0.2, 0.25) is 17.8 Å². The second-order valence-corrected chi connectivity index (χ2v) is 22.9. The number of hydrogen-bond acceptors (Lipinski definition) is 14.